The van der Waals surface area contributed by atoms with Gasteiger partial charge < -0.3 is 0 Å². The van der Waals surface area contributed by atoms with E-state index in [0.29, 0.717) is 24.7 Å². The second-order valence-corrected chi connectivity index (χ2v) is 14.8. The van der Waals surface area contributed by atoms with Crippen LogP contribution in [-0.2, 0) is 12.8 Å². The van der Waals surface area contributed by atoms with E-state index in [1.165, 1.54) is 133 Å². The van der Waals surface area contributed by atoms with Crippen molar-refractivity contribution in [2.24, 2.45) is 11.8 Å². The molecule has 0 nitrogen and oxygen atoms in total. The Hall–Kier alpha value is -1.84. The summed E-state index contributed by atoms with van der Waals surface area (Å²) in [5.41, 5.74) is 4.91. The van der Waals surface area contributed by atoms with E-state index in [1.54, 1.807) is 0 Å². The molecule has 0 radical (unpaired) electrons. The van der Waals surface area contributed by atoms with Crippen LogP contribution in [0, 0.1) is 11.8 Å². The molecule has 0 saturated heterocycles. The van der Waals surface area contributed by atoms with Gasteiger partial charge in [0.05, 0.1) is 0 Å². The molecule has 2 aliphatic rings. The smallest absolute Gasteiger partial charge is 0.211 e. The van der Waals surface area contributed by atoms with Crippen LogP contribution in [0.25, 0.3) is 0 Å². The van der Waals surface area contributed by atoms with Gasteiger partial charge in [0.15, 0.2) is 0 Å². The summed E-state index contributed by atoms with van der Waals surface area (Å²) in [6.07, 6.45) is 22.5. The van der Waals surface area contributed by atoms with Crippen LogP contribution >= 0.6 is 0 Å². The lowest BCUT2D eigenvalue weighted by Crippen LogP contribution is -2.13. The fraction of sp³-hybridized carbons (Fsp3) is 0.721. The van der Waals surface area contributed by atoms with Crippen LogP contribution in [0.5, 0.6) is 0 Å². The first-order chi connectivity index (χ1) is 22.9. The van der Waals surface area contributed by atoms with E-state index >= 15 is 0 Å². The van der Waals surface area contributed by atoms with Gasteiger partial charge >= 0.3 is 0 Å². The van der Waals surface area contributed by atoms with Gasteiger partial charge in [0.1, 0.15) is 0 Å². The predicted octanol–water partition coefficient (Wildman–Crippen LogP) is 14.6. The molecule has 0 amide bonds. The quantitative estimate of drug-likeness (QED) is 0.104. The summed E-state index contributed by atoms with van der Waals surface area (Å²) in [5.74, 6) is 3.25. The Kier molecular flexibility index (Phi) is 19.8. The average Bonchev–Trinajstić information content (AvgIpc) is 3.09. The average molecular weight is 659 g/mol. The second-order valence-electron chi connectivity index (χ2n) is 14.8. The minimum Gasteiger partial charge on any atom is -0.211 e. The van der Waals surface area contributed by atoms with Crippen molar-refractivity contribution in [2.45, 2.75) is 186 Å². The van der Waals surface area contributed by atoms with Crippen molar-refractivity contribution in [3.8, 4) is 0 Å². The Balaban J connectivity index is 0.000000256. The zero-order chi connectivity index (χ0) is 33.7. The summed E-state index contributed by atoms with van der Waals surface area (Å²) in [4.78, 5) is 0. The van der Waals surface area contributed by atoms with Crippen molar-refractivity contribution in [3.05, 3.63) is 70.8 Å². The monoisotopic (exact) mass is 659 g/mol. The topological polar surface area (TPSA) is 0 Å². The highest BCUT2D eigenvalue weighted by Crippen LogP contribution is 2.39. The lowest BCUT2D eigenvalue weighted by atomic mass is 9.77. The number of aryl methyl sites for hydroxylation is 2. The molecule has 0 atom stereocenters. The summed E-state index contributed by atoms with van der Waals surface area (Å²) in [5, 5.41) is 0. The highest BCUT2D eigenvalue weighted by atomic mass is 19.3. The molecule has 266 valence electrons. The number of halogens is 4. The maximum absolute atomic E-state index is 12.3. The van der Waals surface area contributed by atoms with Crippen LogP contribution in [0.15, 0.2) is 48.5 Å². The van der Waals surface area contributed by atoms with Crippen LogP contribution in [0.4, 0.5) is 17.6 Å². The summed E-state index contributed by atoms with van der Waals surface area (Å²) in [7, 11) is 0. The number of hydrogen-bond donors (Lipinski definition) is 0. The first kappa shape index (κ1) is 39.6. The van der Waals surface area contributed by atoms with Crippen molar-refractivity contribution >= 4 is 0 Å². The lowest BCUT2D eigenvalue weighted by Gasteiger charge is -2.29. The van der Waals surface area contributed by atoms with E-state index in [2.05, 4.69) is 62.4 Å². The Morgan fingerprint density at radius 1 is 0.468 bits per heavy atom. The molecule has 0 aromatic heterocycles. The van der Waals surface area contributed by atoms with Crippen LogP contribution in [0.2, 0.25) is 0 Å². The van der Waals surface area contributed by atoms with E-state index in [9.17, 15) is 17.6 Å². The maximum atomic E-state index is 12.3. The van der Waals surface area contributed by atoms with Crippen LogP contribution in [-0.4, -0.2) is 12.9 Å². The molecule has 0 N–H and O–H groups in total. The summed E-state index contributed by atoms with van der Waals surface area (Å²) in [6.45, 7) is 4.54. The summed E-state index contributed by atoms with van der Waals surface area (Å²) in [6, 6.07) is 16.9. The number of alkyl halides is 4. The number of unbranched alkanes of at least 4 members (excludes halogenated alkanes) is 7. The Morgan fingerprint density at radius 3 is 1.15 bits per heavy atom. The molecule has 0 unspecified atom stereocenters. The van der Waals surface area contributed by atoms with Gasteiger partial charge in [-0.3, -0.25) is 0 Å². The van der Waals surface area contributed by atoms with Crippen molar-refractivity contribution in [1.82, 2.24) is 0 Å². The third kappa shape index (κ3) is 16.4. The van der Waals surface area contributed by atoms with Crippen LogP contribution < -0.4 is 0 Å². The van der Waals surface area contributed by atoms with E-state index in [0.717, 1.165) is 23.0 Å². The summed E-state index contributed by atoms with van der Waals surface area (Å²) < 4.78 is 49.1. The highest BCUT2D eigenvalue weighted by molar-refractivity contribution is 5.27. The molecule has 4 heteroatoms. The molecule has 2 aliphatic carbocycles. The first-order valence-corrected chi connectivity index (χ1v) is 19.6. The molecule has 4 rings (SSSR count). The Morgan fingerprint density at radius 2 is 0.809 bits per heavy atom. The van der Waals surface area contributed by atoms with Gasteiger partial charge in [-0.25, -0.2) is 17.6 Å². The maximum Gasteiger partial charge on any atom is 0.239 e. The SMILES string of the molecule is CCCCCCC1CCC(c2ccc(CCC(F)F)cc2)CC1.CCCCCCCC1CCC(c2ccc(CCC(F)F)cc2)CC1. The first-order valence-electron chi connectivity index (χ1n) is 19.6. The van der Waals surface area contributed by atoms with Gasteiger partial charge in [-0.15, -0.1) is 0 Å². The molecule has 0 aliphatic heterocycles. The molecule has 2 saturated carbocycles. The van der Waals surface area contributed by atoms with Crippen molar-refractivity contribution in [3.63, 3.8) is 0 Å². The van der Waals surface area contributed by atoms with Gasteiger partial charge in [-0.1, -0.05) is 133 Å². The van der Waals surface area contributed by atoms with Crippen LogP contribution in [0.1, 0.15) is 183 Å². The molecule has 2 aromatic rings. The molecule has 0 bridgehead atoms. The zero-order valence-corrected chi connectivity index (χ0v) is 29.9. The lowest BCUT2D eigenvalue weighted by molar-refractivity contribution is 0.137. The third-order valence-electron chi connectivity index (χ3n) is 11.1. The fourth-order valence-corrected chi connectivity index (χ4v) is 7.93. The predicted molar refractivity (Wildman–Crippen MR) is 193 cm³/mol. The van der Waals surface area contributed by atoms with Gasteiger partial charge in [-0.2, -0.15) is 0 Å². The molecule has 0 spiro atoms. The molecular weight excluding hydrogens is 592 g/mol. The zero-order valence-electron chi connectivity index (χ0n) is 29.9. The van der Waals surface area contributed by atoms with E-state index in [-0.39, 0.29) is 12.8 Å². The second kappa shape index (κ2) is 23.5. The standard InChI is InChI=1S/C22H34F2.C21H32F2/c1-2-3-4-5-6-7-18-8-13-20(14-9-18)21-15-10-19(11-16-21)12-17-22(23)24;1-2-3-4-5-6-17-7-12-19(13-8-17)20-14-9-18(10-15-20)11-16-21(22)23/h10-11,15-16,18,20,22H,2-9,12-14,17H2,1H3;9-10,14-15,17,19,21H,2-8,11-13,16H2,1H3. The number of rotatable bonds is 19. The van der Waals surface area contributed by atoms with Gasteiger partial charge in [-0.05, 0) is 110 Å². The number of hydrogen-bond acceptors (Lipinski definition) is 0. The minimum atomic E-state index is -2.19. The van der Waals surface area contributed by atoms with Crippen molar-refractivity contribution in [2.75, 3.05) is 0 Å². The van der Waals surface area contributed by atoms with Crippen molar-refractivity contribution in [1.29, 1.82) is 0 Å². The molecular formula is C43H66F4. The Bertz CT molecular complexity index is 1010. The third-order valence-corrected chi connectivity index (χ3v) is 11.1. The normalized spacial score (nSPS) is 21.5. The van der Waals surface area contributed by atoms with E-state index < -0.39 is 12.9 Å². The molecule has 2 aromatic carbocycles. The minimum absolute atomic E-state index is 0.0251. The van der Waals surface area contributed by atoms with Crippen molar-refractivity contribution < 1.29 is 17.6 Å². The van der Waals surface area contributed by atoms with E-state index in [1.807, 2.05) is 0 Å². The largest absolute Gasteiger partial charge is 0.239 e. The number of benzene rings is 2. The van der Waals surface area contributed by atoms with Gasteiger partial charge in [0.25, 0.3) is 0 Å². The van der Waals surface area contributed by atoms with Gasteiger partial charge in [0.2, 0.25) is 12.9 Å². The fourth-order valence-electron chi connectivity index (χ4n) is 7.93. The van der Waals surface area contributed by atoms with Crippen LogP contribution in [0.3, 0.4) is 0 Å². The summed E-state index contributed by atoms with van der Waals surface area (Å²) >= 11 is 0. The highest BCUT2D eigenvalue weighted by Gasteiger charge is 2.23. The molecule has 47 heavy (non-hydrogen) atoms. The van der Waals surface area contributed by atoms with E-state index in [4.69, 9.17) is 0 Å². The molecule has 2 fully saturated rings. The van der Waals surface area contributed by atoms with Gasteiger partial charge in [0, 0.05) is 12.8 Å². The molecule has 0 heterocycles. The Labute approximate surface area is 285 Å².